The van der Waals surface area contributed by atoms with E-state index in [-0.39, 0.29) is 0 Å². The van der Waals surface area contributed by atoms with Crippen LogP contribution in [-0.4, -0.2) is 9.97 Å². The zero-order valence-corrected chi connectivity index (χ0v) is 35.5. The molecule has 2 nitrogen and oxygen atoms in total. The molecule has 0 spiro atoms. The van der Waals surface area contributed by atoms with Crippen LogP contribution < -0.4 is 0 Å². The van der Waals surface area contributed by atoms with Crippen molar-refractivity contribution in [3.05, 3.63) is 59.2 Å². The topological polar surface area (TPSA) is 25.8 Å². The standard InChI is InChI=1S/C26H43N.C25H41N/c1-3-5-7-23-13-19-26(27-20-23)18-12-22-10-16-25(17-11-22)24-14-8-21(6-4-2)9-15-24;1-3-5-20-7-13-23(14-8-20)24-15-9-21(10-16-24)11-17-25-18-12-22(6-4-2)19-26-25/h13,19-22,24-25H,3-12,14-18H2,1-2H3;12,18-21,23-24H,3-11,13-17H2,1-2H3/t21-,22-,24-,25-;20-,21-,23-,24-. The first-order chi connectivity index (χ1) is 26.1. The molecule has 53 heavy (non-hydrogen) atoms. The lowest BCUT2D eigenvalue weighted by molar-refractivity contribution is 0.141. The van der Waals surface area contributed by atoms with E-state index >= 15 is 0 Å². The molecule has 2 aromatic heterocycles. The molecule has 2 aromatic rings. The van der Waals surface area contributed by atoms with E-state index in [9.17, 15) is 0 Å². The second-order valence-electron chi connectivity index (χ2n) is 18.9. The Kier molecular flexibility index (Phi) is 19.3. The molecule has 0 aliphatic heterocycles. The van der Waals surface area contributed by atoms with Crippen LogP contribution >= 0.6 is 0 Å². The summed E-state index contributed by atoms with van der Waals surface area (Å²) in [7, 11) is 0. The molecule has 2 heterocycles. The Hall–Kier alpha value is -1.70. The van der Waals surface area contributed by atoms with Gasteiger partial charge in [-0.3, -0.25) is 9.97 Å². The van der Waals surface area contributed by atoms with Crippen LogP contribution in [0.15, 0.2) is 36.7 Å². The Balaban J connectivity index is 0.000000204. The Morgan fingerprint density at radius 1 is 0.377 bits per heavy atom. The lowest BCUT2D eigenvalue weighted by Crippen LogP contribution is -2.26. The highest BCUT2D eigenvalue weighted by molar-refractivity contribution is 5.15. The molecule has 4 aliphatic carbocycles. The third kappa shape index (κ3) is 14.7. The second kappa shape index (κ2) is 24.0. The highest BCUT2D eigenvalue weighted by Gasteiger charge is 2.32. The number of hydrogen-bond donors (Lipinski definition) is 0. The first-order valence-electron chi connectivity index (χ1n) is 23.9. The van der Waals surface area contributed by atoms with Crippen LogP contribution in [0.25, 0.3) is 0 Å². The quantitative estimate of drug-likeness (QED) is 0.162. The summed E-state index contributed by atoms with van der Waals surface area (Å²) in [4.78, 5) is 9.42. The third-order valence-electron chi connectivity index (χ3n) is 15.0. The van der Waals surface area contributed by atoms with Gasteiger partial charge in [-0.2, -0.15) is 0 Å². The first-order valence-corrected chi connectivity index (χ1v) is 23.9. The second-order valence-corrected chi connectivity index (χ2v) is 18.9. The van der Waals surface area contributed by atoms with Crippen LogP contribution in [-0.2, 0) is 25.7 Å². The maximum atomic E-state index is 4.73. The summed E-state index contributed by atoms with van der Waals surface area (Å²) in [5.74, 6) is 8.28. The van der Waals surface area contributed by atoms with Gasteiger partial charge < -0.3 is 0 Å². The molecule has 0 radical (unpaired) electrons. The lowest BCUT2D eigenvalue weighted by Gasteiger charge is -2.38. The minimum atomic E-state index is 0.958. The van der Waals surface area contributed by atoms with Gasteiger partial charge in [0.05, 0.1) is 0 Å². The molecule has 0 N–H and O–H groups in total. The maximum absolute atomic E-state index is 4.73. The van der Waals surface area contributed by atoms with Crippen molar-refractivity contribution < 1.29 is 0 Å². The van der Waals surface area contributed by atoms with E-state index in [1.807, 2.05) is 0 Å². The van der Waals surface area contributed by atoms with Crippen LogP contribution in [0.5, 0.6) is 0 Å². The zero-order chi connectivity index (χ0) is 37.1. The van der Waals surface area contributed by atoms with Gasteiger partial charge in [0.2, 0.25) is 0 Å². The number of hydrogen-bond acceptors (Lipinski definition) is 2. The Morgan fingerprint density at radius 2 is 0.736 bits per heavy atom. The summed E-state index contributed by atoms with van der Waals surface area (Å²) in [6.45, 7) is 9.20. The van der Waals surface area contributed by atoms with Gasteiger partial charge in [0.15, 0.2) is 0 Å². The summed E-state index contributed by atoms with van der Waals surface area (Å²) in [6, 6.07) is 9.15. The van der Waals surface area contributed by atoms with Crippen molar-refractivity contribution in [2.45, 2.75) is 214 Å². The SMILES string of the molecule is CCCCc1ccc(CC[C@H]2CC[C@H]([C@H]3CC[C@H](CCC)CC3)CC2)nc1.CCCc1ccc(CC[C@H]2CC[C@H]([C@H]3CC[C@H](CCC)CC3)CC2)nc1. The minimum Gasteiger partial charge on any atom is -0.261 e. The van der Waals surface area contributed by atoms with Crippen molar-refractivity contribution in [1.82, 2.24) is 9.97 Å². The molecule has 0 aromatic carbocycles. The van der Waals surface area contributed by atoms with Crippen molar-refractivity contribution in [3.63, 3.8) is 0 Å². The van der Waals surface area contributed by atoms with Gasteiger partial charge in [-0.1, -0.05) is 130 Å². The Morgan fingerprint density at radius 3 is 1.04 bits per heavy atom. The number of pyridine rings is 2. The number of unbranched alkanes of at least 4 members (excludes halogenated alkanes) is 1. The van der Waals surface area contributed by atoms with Gasteiger partial charge in [0.25, 0.3) is 0 Å². The molecular weight excluding hydrogens is 641 g/mol. The van der Waals surface area contributed by atoms with Crippen molar-refractivity contribution >= 4 is 0 Å². The fourth-order valence-electron chi connectivity index (χ4n) is 11.5. The van der Waals surface area contributed by atoms with Crippen LogP contribution in [0.1, 0.15) is 211 Å². The average Bonchev–Trinajstić information content (AvgIpc) is 3.21. The molecule has 4 fully saturated rings. The molecule has 0 saturated heterocycles. The smallest absolute Gasteiger partial charge is 0.0403 e. The molecule has 298 valence electrons. The average molecular weight is 725 g/mol. The summed E-state index contributed by atoms with van der Waals surface area (Å²) in [5.41, 5.74) is 5.42. The molecular formula is C51H84N2. The normalized spacial score (nSPS) is 29.3. The fourth-order valence-corrected chi connectivity index (χ4v) is 11.5. The number of rotatable bonds is 17. The van der Waals surface area contributed by atoms with E-state index in [1.165, 1.54) is 202 Å². The minimum absolute atomic E-state index is 0.958. The Bertz CT molecular complexity index is 1190. The van der Waals surface area contributed by atoms with E-state index in [2.05, 4.69) is 64.4 Å². The van der Waals surface area contributed by atoms with E-state index in [4.69, 9.17) is 9.97 Å². The van der Waals surface area contributed by atoms with E-state index in [0.717, 1.165) is 53.8 Å². The van der Waals surface area contributed by atoms with Crippen molar-refractivity contribution in [1.29, 1.82) is 0 Å². The molecule has 4 aliphatic rings. The summed E-state index contributed by atoms with van der Waals surface area (Å²) in [5, 5.41) is 0. The van der Waals surface area contributed by atoms with Crippen LogP contribution in [0.2, 0.25) is 0 Å². The summed E-state index contributed by atoms with van der Waals surface area (Å²) >= 11 is 0. The number of aryl methyl sites for hydroxylation is 4. The van der Waals surface area contributed by atoms with Crippen LogP contribution in [0.3, 0.4) is 0 Å². The third-order valence-corrected chi connectivity index (χ3v) is 15.0. The summed E-state index contributed by atoms with van der Waals surface area (Å²) < 4.78 is 0. The van der Waals surface area contributed by atoms with Gasteiger partial charge in [-0.25, -0.2) is 0 Å². The number of aromatic nitrogens is 2. The van der Waals surface area contributed by atoms with E-state index in [1.54, 1.807) is 0 Å². The molecule has 2 heteroatoms. The van der Waals surface area contributed by atoms with Gasteiger partial charge in [-0.15, -0.1) is 0 Å². The van der Waals surface area contributed by atoms with E-state index < -0.39 is 0 Å². The van der Waals surface area contributed by atoms with Gasteiger partial charge in [-0.05, 0) is 167 Å². The monoisotopic (exact) mass is 725 g/mol. The summed E-state index contributed by atoms with van der Waals surface area (Å²) in [6.07, 6.45) is 45.4. The predicted molar refractivity (Wildman–Crippen MR) is 229 cm³/mol. The molecule has 0 bridgehead atoms. The largest absolute Gasteiger partial charge is 0.261 e. The van der Waals surface area contributed by atoms with Gasteiger partial charge in [0, 0.05) is 23.8 Å². The fraction of sp³-hybridized carbons (Fsp3) is 0.804. The van der Waals surface area contributed by atoms with Crippen molar-refractivity contribution in [2.24, 2.45) is 47.3 Å². The predicted octanol–water partition coefficient (Wildman–Crippen LogP) is 15.1. The van der Waals surface area contributed by atoms with E-state index in [0.29, 0.717) is 0 Å². The lowest BCUT2D eigenvalue weighted by atomic mass is 9.68. The van der Waals surface area contributed by atoms with Crippen molar-refractivity contribution in [2.75, 3.05) is 0 Å². The van der Waals surface area contributed by atoms with Crippen LogP contribution in [0.4, 0.5) is 0 Å². The molecule has 0 atom stereocenters. The highest BCUT2D eigenvalue weighted by atomic mass is 14.7. The maximum Gasteiger partial charge on any atom is 0.0403 e. The molecule has 0 unspecified atom stereocenters. The highest BCUT2D eigenvalue weighted by Crippen LogP contribution is 2.44. The van der Waals surface area contributed by atoms with Gasteiger partial charge in [0.1, 0.15) is 0 Å². The van der Waals surface area contributed by atoms with Gasteiger partial charge >= 0.3 is 0 Å². The Labute approximate surface area is 329 Å². The first kappa shape index (κ1) is 42.4. The number of nitrogens with zero attached hydrogens (tertiary/aromatic N) is 2. The zero-order valence-electron chi connectivity index (χ0n) is 35.5. The van der Waals surface area contributed by atoms with Crippen molar-refractivity contribution in [3.8, 4) is 0 Å². The molecule has 0 amide bonds. The molecule has 6 rings (SSSR count). The molecule has 4 saturated carbocycles. The van der Waals surface area contributed by atoms with Crippen LogP contribution in [0, 0.1) is 47.3 Å².